The van der Waals surface area contributed by atoms with Crippen LogP contribution in [0.15, 0.2) is 47.2 Å². The molecule has 2 aromatic rings. The Kier molecular flexibility index (Phi) is 2.93. The van der Waals surface area contributed by atoms with E-state index >= 15 is 0 Å². The molecular formula is C11H11NO2. The lowest BCUT2D eigenvalue weighted by molar-refractivity contribution is 0.102. The molecule has 3 heteroatoms. The van der Waals surface area contributed by atoms with E-state index in [1.165, 1.54) is 0 Å². The van der Waals surface area contributed by atoms with Gasteiger partial charge in [0.25, 0.3) is 0 Å². The summed E-state index contributed by atoms with van der Waals surface area (Å²) in [4.78, 5) is 0. The Morgan fingerprint density at radius 2 is 1.93 bits per heavy atom. The van der Waals surface area contributed by atoms with Gasteiger partial charge in [-0.1, -0.05) is 35.5 Å². The first-order chi connectivity index (χ1) is 6.95. The van der Waals surface area contributed by atoms with E-state index in [-0.39, 0.29) is 0 Å². The average Bonchev–Trinajstić information content (AvgIpc) is 2.72. The average molecular weight is 189 g/mol. The molecule has 0 aliphatic heterocycles. The van der Waals surface area contributed by atoms with Gasteiger partial charge in [-0.05, 0) is 5.56 Å². The van der Waals surface area contributed by atoms with Crippen molar-refractivity contribution in [3.8, 4) is 0 Å². The van der Waals surface area contributed by atoms with Crippen molar-refractivity contribution in [1.82, 2.24) is 5.16 Å². The van der Waals surface area contributed by atoms with Crippen LogP contribution in [0, 0.1) is 0 Å². The zero-order valence-electron chi connectivity index (χ0n) is 7.72. The Balaban J connectivity index is 1.79. The Hall–Kier alpha value is -1.61. The molecule has 1 aromatic heterocycles. The lowest BCUT2D eigenvalue weighted by Gasteiger charge is -2.00. The SMILES string of the molecule is c1ccc(COCc2ccon2)cc1. The van der Waals surface area contributed by atoms with Crippen LogP contribution in [0.1, 0.15) is 11.3 Å². The third-order valence-corrected chi connectivity index (χ3v) is 1.85. The lowest BCUT2D eigenvalue weighted by Crippen LogP contribution is -1.93. The molecule has 2 rings (SSSR count). The van der Waals surface area contributed by atoms with Gasteiger partial charge in [0, 0.05) is 6.07 Å². The van der Waals surface area contributed by atoms with Gasteiger partial charge in [0.2, 0.25) is 0 Å². The van der Waals surface area contributed by atoms with Gasteiger partial charge in [-0.25, -0.2) is 0 Å². The highest BCUT2D eigenvalue weighted by molar-refractivity contribution is 5.13. The van der Waals surface area contributed by atoms with Crippen molar-refractivity contribution in [3.63, 3.8) is 0 Å². The number of rotatable bonds is 4. The summed E-state index contributed by atoms with van der Waals surface area (Å²) in [7, 11) is 0. The molecule has 0 aliphatic carbocycles. The van der Waals surface area contributed by atoms with Crippen LogP contribution >= 0.6 is 0 Å². The molecule has 0 unspecified atom stereocenters. The summed E-state index contributed by atoms with van der Waals surface area (Å²) in [6, 6.07) is 11.8. The number of hydrogen-bond acceptors (Lipinski definition) is 3. The maximum Gasteiger partial charge on any atom is 0.124 e. The first-order valence-electron chi connectivity index (χ1n) is 4.46. The first-order valence-corrected chi connectivity index (χ1v) is 4.46. The zero-order valence-corrected chi connectivity index (χ0v) is 7.72. The smallest absolute Gasteiger partial charge is 0.124 e. The van der Waals surface area contributed by atoms with Crippen LogP contribution in [0.4, 0.5) is 0 Å². The highest BCUT2D eigenvalue weighted by Crippen LogP contribution is 2.03. The van der Waals surface area contributed by atoms with Gasteiger partial charge in [-0.15, -0.1) is 0 Å². The number of hydrogen-bond donors (Lipinski definition) is 0. The van der Waals surface area contributed by atoms with Crippen LogP contribution in [-0.4, -0.2) is 5.16 Å². The third-order valence-electron chi connectivity index (χ3n) is 1.85. The van der Waals surface area contributed by atoms with Crippen LogP contribution in [-0.2, 0) is 18.0 Å². The van der Waals surface area contributed by atoms with Crippen LogP contribution in [0.2, 0.25) is 0 Å². The summed E-state index contributed by atoms with van der Waals surface area (Å²) in [5.74, 6) is 0. The van der Waals surface area contributed by atoms with E-state index in [2.05, 4.69) is 9.68 Å². The normalized spacial score (nSPS) is 10.3. The minimum Gasteiger partial charge on any atom is -0.370 e. The van der Waals surface area contributed by atoms with Crippen LogP contribution in [0.25, 0.3) is 0 Å². The fourth-order valence-electron chi connectivity index (χ4n) is 1.16. The van der Waals surface area contributed by atoms with Crippen LogP contribution in [0.3, 0.4) is 0 Å². The van der Waals surface area contributed by atoms with Crippen molar-refractivity contribution >= 4 is 0 Å². The van der Waals surface area contributed by atoms with E-state index in [1.807, 2.05) is 30.3 Å². The molecule has 0 fully saturated rings. The predicted octanol–water partition coefficient (Wildman–Crippen LogP) is 2.39. The van der Waals surface area contributed by atoms with E-state index < -0.39 is 0 Å². The van der Waals surface area contributed by atoms with E-state index in [1.54, 1.807) is 12.3 Å². The molecule has 14 heavy (non-hydrogen) atoms. The Morgan fingerprint density at radius 1 is 1.07 bits per heavy atom. The van der Waals surface area contributed by atoms with Gasteiger partial charge in [-0.3, -0.25) is 0 Å². The highest BCUT2D eigenvalue weighted by atomic mass is 16.5. The van der Waals surface area contributed by atoms with Crippen molar-refractivity contribution in [2.45, 2.75) is 13.2 Å². The maximum absolute atomic E-state index is 5.44. The monoisotopic (exact) mass is 189 g/mol. The van der Waals surface area contributed by atoms with Gasteiger partial charge in [0.1, 0.15) is 12.0 Å². The summed E-state index contributed by atoms with van der Waals surface area (Å²) >= 11 is 0. The molecule has 1 heterocycles. The van der Waals surface area contributed by atoms with Crippen molar-refractivity contribution in [2.75, 3.05) is 0 Å². The van der Waals surface area contributed by atoms with Gasteiger partial charge in [-0.2, -0.15) is 0 Å². The summed E-state index contributed by atoms with van der Waals surface area (Å²) in [6.45, 7) is 1.10. The predicted molar refractivity (Wildman–Crippen MR) is 51.4 cm³/mol. The minimum absolute atomic E-state index is 0.491. The molecule has 3 nitrogen and oxygen atoms in total. The molecule has 1 aromatic carbocycles. The molecule has 0 atom stereocenters. The quantitative estimate of drug-likeness (QED) is 0.740. The molecule has 0 spiro atoms. The summed E-state index contributed by atoms with van der Waals surface area (Å²) in [6.07, 6.45) is 1.54. The Labute approximate surface area is 82.3 Å². The summed E-state index contributed by atoms with van der Waals surface area (Å²) in [5.41, 5.74) is 1.98. The molecule has 0 amide bonds. The van der Waals surface area contributed by atoms with Gasteiger partial charge >= 0.3 is 0 Å². The fraction of sp³-hybridized carbons (Fsp3) is 0.182. The first kappa shape index (κ1) is 8.97. The molecule has 0 bridgehead atoms. The lowest BCUT2D eigenvalue weighted by atomic mass is 10.2. The highest BCUT2D eigenvalue weighted by Gasteiger charge is 1.96. The molecule has 0 saturated heterocycles. The Bertz CT molecular complexity index is 356. The summed E-state index contributed by atoms with van der Waals surface area (Å²) in [5, 5.41) is 3.75. The second kappa shape index (κ2) is 4.58. The number of aromatic nitrogens is 1. The maximum atomic E-state index is 5.44. The molecule has 72 valence electrons. The standard InChI is InChI=1S/C11H11NO2/c1-2-4-10(5-3-1)8-13-9-11-6-7-14-12-11/h1-7H,8-9H2. The summed E-state index contributed by atoms with van der Waals surface area (Å²) < 4.78 is 10.1. The van der Waals surface area contributed by atoms with E-state index in [9.17, 15) is 0 Å². The molecule has 0 radical (unpaired) electrons. The largest absolute Gasteiger partial charge is 0.370 e. The molecule has 0 N–H and O–H groups in total. The number of ether oxygens (including phenoxy) is 1. The second-order valence-electron chi connectivity index (χ2n) is 2.97. The van der Waals surface area contributed by atoms with Crippen LogP contribution < -0.4 is 0 Å². The van der Waals surface area contributed by atoms with E-state index in [0.717, 1.165) is 11.3 Å². The van der Waals surface area contributed by atoms with Crippen molar-refractivity contribution in [1.29, 1.82) is 0 Å². The molecule has 0 aliphatic rings. The van der Waals surface area contributed by atoms with Gasteiger partial charge in [0.05, 0.1) is 13.2 Å². The minimum atomic E-state index is 0.491. The van der Waals surface area contributed by atoms with E-state index in [0.29, 0.717) is 13.2 Å². The topological polar surface area (TPSA) is 35.3 Å². The fourth-order valence-corrected chi connectivity index (χ4v) is 1.16. The van der Waals surface area contributed by atoms with Crippen molar-refractivity contribution in [2.24, 2.45) is 0 Å². The Morgan fingerprint density at radius 3 is 2.64 bits per heavy atom. The molecular weight excluding hydrogens is 178 g/mol. The van der Waals surface area contributed by atoms with Crippen molar-refractivity contribution < 1.29 is 9.26 Å². The van der Waals surface area contributed by atoms with Crippen molar-refractivity contribution in [3.05, 3.63) is 53.9 Å². The zero-order chi connectivity index (χ0) is 9.64. The third kappa shape index (κ3) is 2.44. The number of benzene rings is 1. The van der Waals surface area contributed by atoms with Gasteiger partial charge in [0.15, 0.2) is 0 Å². The van der Waals surface area contributed by atoms with Crippen LogP contribution in [0.5, 0.6) is 0 Å². The van der Waals surface area contributed by atoms with E-state index in [4.69, 9.17) is 4.74 Å². The number of nitrogens with zero attached hydrogens (tertiary/aromatic N) is 1. The molecule has 0 saturated carbocycles. The second-order valence-corrected chi connectivity index (χ2v) is 2.97. The van der Waals surface area contributed by atoms with Gasteiger partial charge < -0.3 is 9.26 Å².